The second-order valence-corrected chi connectivity index (χ2v) is 9.23. The lowest BCUT2D eigenvalue weighted by Crippen LogP contribution is -2.46. The number of ether oxygens (including phenoxy) is 1. The Morgan fingerprint density at radius 2 is 1.93 bits per heavy atom. The smallest absolute Gasteiger partial charge is 0.410 e. The molecule has 4 rings (SSSR count). The second kappa shape index (κ2) is 7.49. The Kier molecular flexibility index (Phi) is 5.12. The van der Waals surface area contributed by atoms with E-state index in [1.807, 2.05) is 20.8 Å². The third kappa shape index (κ3) is 3.59. The van der Waals surface area contributed by atoms with Crippen molar-refractivity contribution in [2.24, 2.45) is 0 Å². The molecular weight excluding hydrogens is 378 g/mol. The quantitative estimate of drug-likeness (QED) is 0.819. The fourth-order valence-electron chi connectivity index (χ4n) is 4.69. The van der Waals surface area contributed by atoms with E-state index >= 15 is 0 Å². The predicted molar refractivity (Wildman–Crippen MR) is 116 cm³/mol. The fourth-order valence-corrected chi connectivity index (χ4v) is 4.69. The predicted octanol–water partition coefficient (Wildman–Crippen LogP) is 3.85. The normalized spacial score (nSPS) is 18.5. The van der Waals surface area contributed by atoms with Gasteiger partial charge in [-0.2, -0.15) is 0 Å². The molecule has 1 aromatic heterocycles. The fraction of sp³-hybridized carbons (Fsp3) is 0.500. The summed E-state index contributed by atoms with van der Waals surface area (Å²) in [6, 6.07) is 8.31. The number of hydrogen-bond donors (Lipinski definition) is 1. The average Bonchev–Trinajstić information content (AvgIpc) is 2.87. The molecule has 2 aliphatic rings. The van der Waals surface area contributed by atoms with Crippen molar-refractivity contribution >= 4 is 12.0 Å². The number of hydrogen-bond acceptors (Lipinski definition) is 3. The maximum Gasteiger partial charge on any atom is 0.410 e. The van der Waals surface area contributed by atoms with Crippen molar-refractivity contribution < 1.29 is 14.3 Å². The zero-order chi connectivity index (χ0) is 21.6. The van der Waals surface area contributed by atoms with Gasteiger partial charge in [-0.25, -0.2) is 4.79 Å². The van der Waals surface area contributed by atoms with Crippen LogP contribution in [-0.2, 0) is 28.8 Å². The molecule has 2 aromatic rings. The van der Waals surface area contributed by atoms with Gasteiger partial charge in [0, 0.05) is 42.1 Å². The molecular formula is C24H31N3O3. The van der Waals surface area contributed by atoms with Gasteiger partial charge in [0.15, 0.2) is 0 Å². The van der Waals surface area contributed by atoms with Crippen molar-refractivity contribution in [3.63, 3.8) is 0 Å². The first-order chi connectivity index (χ1) is 14.2. The minimum atomic E-state index is -0.559. The van der Waals surface area contributed by atoms with Crippen molar-refractivity contribution in [3.05, 3.63) is 52.3 Å². The highest BCUT2D eigenvalue weighted by atomic mass is 16.6. The zero-order valence-electron chi connectivity index (χ0n) is 18.5. The summed E-state index contributed by atoms with van der Waals surface area (Å²) in [5, 5.41) is 3.01. The standard InChI is InChI=1S/C24H31N3O3/c1-6-18-17-13-21(28)25-14-20-22(17)19(27(18)16-9-7-15(2)8-10-16)11-12-26(20)23(29)30-24(3,4)5/h7-10,20H,6,11-14H2,1-5H3,(H,25,28). The number of carbonyl (C=O) groups is 2. The number of amides is 2. The number of rotatable bonds is 2. The van der Waals surface area contributed by atoms with Gasteiger partial charge in [0.05, 0.1) is 12.5 Å². The van der Waals surface area contributed by atoms with E-state index in [-0.39, 0.29) is 18.0 Å². The summed E-state index contributed by atoms with van der Waals surface area (Å²) in [5.74, 6) is 0.00657. The van der Waals surface area contributed by atoms with E-state index < -0.39 is 5.60 Å². The molecule has 6 nitrogen and oxygen atoms in total. The van der Waals surface area contributed by atoms with E-state index in [2.05, 4.69) is 48.0 Å². The van der Waals surface area contributed by atoms with Crippen LogP contribution in [-0.4, -0.2) is 40.2 Å². The molecule has 0 bridgehead atoms. The van der Waals surface area contributed by atoms with Gasteiger partial charge in [0.2, 0.25) is 5.91 Å². The summed E-state index contributed by atoms with van der Waals surface area (Å²) in [6.07, 6.45) is 1.59. The molecule has 0 fully saturated rings. The van der Waals surface area contributed by atoms with Crippen LogP contribution in [0.2, 0.25) is 0 Å². The van der Waals surface area contributed by atoms with Gasteiger partial charge in [-0.1, -0.05) is 24.6 Å². The maximum atomic E-state index is 13.0. The monoisotopic (exact) mass is 409 g/mol. The Morgan fingerprint density at radius 3 is 2.57 bits per heavy atom. The van der Waals surface area contributed by atoms with Gasteiger partial charge in [-0.15, -0.1) is 0 Å². The third-order valence-electron chi connectivity index (χ3n) is 5.91. The molecule has 6 heteroatoms. The van der Waals surface area contributed by atoms with E-state index in [0.29, 0.717) is 19.5 Å². The van der Waals surface area contributed by atoms with Crippen molar-refractivity contribution in [1.29, 1.82) is 0 Å². The highest BCUT2D eigenvalue weighted by Crippen LogP contribution is 2.40. The lowest BCUT2D eigenvalue weighted by atomic mass is 9.94. The molecule has 0 saturated carbocycles. The van der Waals surface area contributed by atoms with E-state index in [1.165, 1.54) is 11.3 Å². The minimum absolute atomic E-state index is 0.00657. The zero-order valence-corrected chi connectivity index (χ0v) is 18.5. The van der Waals surface area contributed by atoms with Crippen molar-refractivity contribution in [2.75, 3.05) is 13.1 Å². The molecule has 1 N–H and O–H groups in total. The van der Waals surface area contributed by atoms with Crippen molar-refractivity contribution in [3.8, 4) is 5.69 Å². The maximum absolute atomic E-state index is 13.0. The largest absolute Gasteiger partial charge is 0.444 e. The first kappa shape index (κ1) is 20.5. The highest BCUT2D eigenvalue weighted by Gasteiger charge is 2.40. The SMILES string of the molecule is CCc1c2c3c(n1-c1ccc(C)cc1)CCN(C(=O)OC(C)(C)C)C3CNC(=O)C2. The van der Waals surface area contributed by atoms with Gasteiger partial charge in [-0.05, 0) is 51.8 Å². The molecule has 0 spiro atoms. The van der Waals surface area contributed by atoms with Crippen LogP contribution < -0.4 is 5.32 Å². The number of nitrogens with zero attached hydrogens (tertiary/aromatic N) is 2. The number of aryl methyl sites for hydroxylation is 1. The molecule has 0 saturated heterocycles. The molecule has 2 amide bonds. The van der Waals surface area contributed by atoms with E-state index in [0.717, 1.165) is 35.3 Å². The molecule has 3 heterocycles. The lowest BCUT2D eigenvalue weighted by molar-refractivity contribution is -0.120. The topological polar surface area (TPSA) is 63.6 Å². The van der Waals surface area contributed by atoms with Crippen LogP contribution in [0.1, 0.15) is 61.8 Å². The second-order valence-electron chi connectivity index (χ2n) is 9.23. The number of carbonyl (C=O) groups excluding carboxylic acids is 2. The van der Waals surface area contributed by atoms with Crippen LogP contribution in [0.4, 0.5) is 4.79 Å². The highest BCUT2D eigenvalue weighted by molar-refractivity contribution is 5.81. The van der Waals surface area contributed by atoms with Gasteiger partial charge in [-0.3, -0.25) is 9.69 Å². The Labute approximate surface area is 178 Å². The number of aromatic nitrogens is 1. The summed E-state index contributed by atoms with van der Waals surface area (Å²) in [7, 11) is 0. The van der Waals surface area contributed by atoms with Gasteiger partial charge in [0.1, 0.15) is 5.60 Å². The Hall–Kier alpha value is -2.76. The summed E-state index contributed by atoms with van der Waals surface area (Å²) in [6.45, 7) is 10.8. The Balaban J connectivity index is 1.86. The molecule has 1 unspecified atom stereocenters. The summed E-state index contributed by atoms with van der Waals surface area (Å²) < 4.78 is 8.01. The third-order valence-corrected chi connectivity index (χ3v) is 5.91. The van der Waals surface area contributed by atoms with Crippen LogP contribution in [0.25, 0.3) is 5.69 Å². The molecule has 1 aromatic carbocycles. The van der Waals surface area contributed by atoms with Gasteiger partial charge in [0.25, 0.3) is 0 Å². The molecule has 1 atom stereocenters. The Morgan fingerprint density at radius 1 is 1.23 bits per heavy atom. The molecule has 160 valence electrons. The van der Waals surface area contributed by atoms with Crippen LogP contribution in [0, 0.1) is 6.92 Å². The average molecular weight is 410 g/mol. The van der Waals surface area contributed by atoms with E-state index in [1.54, 1.807) is 4.90 Å². The van der Waals surface area contributed by atoms with E-state index in [4.69, 9.17) is 4.74 Å². The first-order valence-electron chi connectivity index (χ1n) is 10.8. The molecule has 2 aliphatic heterocycles. The first-order valence-corrected chi connectivity index (χ1v) is 10.8. The van der Waals surface area contributed by atoms with Crippen LogP contribution >= 0.6 is 0 Å². The van der Waals surface area contributed by atoms with E-state index in [9.17, 15) is 9.59 Å². The Bertz CT molecular complexity index is 983. The van der Waals surface area contributed by atoms with Crippen molar-refractivity contribution in [1.82, 2.24) is 14.8 Å². The molecule has 0 aliphatic carbocycles. The molecule has 30 heavy (non-hydrogen) atoms. The van der Waals surface area contributed by atoms with Crippen molar-refractivity contribution in [2.45, 2.75) is 65.5 Å². The number of nitrogens with one attached hydrogen (secondary N) is 1. The van der Waals surface area contributed by atoms with Gasteiger partial charge >= 0.3 is 6.09 Å². The summed E-state index contributed by atoms with van der Waals surface area (Å²) in [4.78, 5) is 27.3. The number of benzene rings is 1. The minimum Gasteiger partial charge on any atom is -0.444 e. The van der Waals surface area contributed by atoms with Gasteiger partial charge < -0.3 is 14.6 Å². The summed E-state index contributed by atoms with van der Waals surface area (Å²) in [5.41, 5.74) is 6.35. The van der Waals surface area contributed by atoms with Crippen LogP contribution in [0.5, 0.6) is 0 Å². The molecule has 0 radical (unpaired) electrons. The summed E-state index contributed by atoms with van der Waals surface area (Å²) >= 11 is 0. The van der Waals surface area contributed by atoms with Crippen LogP contribution in [0.15, 0.2) is 24.3 Å². The lowest BCUT2D eigenvalue weighted by Gasteiger charge is -2.37. The van der Waals surface area contributed by atoms with Crippen LogP contribution in [0.3, 0.4) is 0 Å².